The van der Waals surface area contributed by atoms with Crippen molar-refractivity contribution in [1.82, 2.24) is 5.32 Å². The zero-order chi connectivity index (χ0) is 13.1. The van der Waals surface area contributed by atoms with Gasteiger partial charge in [0.2, 0.25) is 0 Å². The first-order chi connectivity index (χ1) is 9.33. The summed E-state index contributed by atoms with van der Waals surface area (Å²) in [6, 6.07) is 17.5. The predicted octanol–water partition coefficient (Wildman–Crippen LogP) is 2.98. The van der Waals surface area contributed by atoms with Crippen molar-refractivity contribution in [3.05, 3.63) is 66.0 Å². The molecule has 3 heteroatoms. The minimum atomic E-state index is -0.181. The highest BCUT2D eigenvalue weighted by Crippen LogP contribution is 2.22. The summed E-state index contributed by atoms with van der Waals surface area (Å²) in [5.41, 5.74) is 2.39. The van der Waals surface area contributed by atoms with E-state index < -0.39 is 0 Å². The summed E-state index contributed by atoms with van der Waals surface area (Å²) >= 11 is 0. The lowest BCUT2D eigenvalue weighted by Crippen LogP contribution is -2.45. The third-order valence-corrected chi connectivity index (χ3v) is 3.57. The zero-order valence-electron chi connectivity index (χ0n) is 10.7. The Kier molecular flexibility index (Phi) is 3.47. The van der Waals surface area contributed by atoms with Crippen LogP contribution in [0.1, 0.15) is 11.6 Å². The van der Waals surface area contributed by atoms with Gasteiger partial charge >= 0.3 is 0 Å². The van der Waals surface area contributed by atoms with Crippen LogP contribution in [0.5, 0.6) is 0 Å². The van der Waals surface area contributed by atoms with E-state index in [-0.39, 0.29) is 11.9 Å². The highest BCUT2D eigenvalue weighted by molar-refractivity contribution is 5.47. The number of nitrogens with one attached hydrogen (secondary N) is 1. The fourth-order valence-corrected chi connectivity index (χ4v) is 2.54. The second-order valence-electron chi connectivity index (χ2n) is 4.84. The molecule has 1 aliphatic rings. The van der Waals surface area contributed by atoms with Crippen molar-refractivity contribution in [3.63, 3.8) is 0 Å². The first-order valence-electron chi connectivity index (χ1n) is 6.62. The van der Waals surface area contributed by atoms with Gasteiger partial charge < -0.3 is 10.2 Å². The van der Waals surface area contributed by atoms with Gasteiger partial charge in [-0.05, 0) is 29.8 Å². The van der Waals surface area contributed by atoms with E-state index in [4.69, 9.17) is 0 Å². The third kappa shape index (κ3) is 2.76. The van der Waals surface area contributed by atoms with Crippen LogP contribution in [0, 0.1) is 5.82 Å². The molecule has 0 spiro atoms. The van der Waals surface area contributed by atoms with Crippen LogP contribution < -0.4 is 10.2 Å². The van der Waals surface area contributed by atoms with Crippen LogP contribution in [0.15, 0.2) is 54.6 Å². The van der Waals surface area contributed by atoms with E-state index >= 15 is 0 Å². The molecule has 98 valence electrons. The smallest absolute Gasteiger partial charge is 0.123 e. The molecular formula is C16H17FN2. The van der Waals surface area contributed by atoms with E-state index in [0.717, 1.165) is 25.2 Å². The second-order valence-corrected chi connectivity index (χ2v) is 4.84. The van der Waals surface area contributed by atoms with Gasteiger partial charge in [0.15, 0.2) is 0 Å². The third-order valence-electron chi connectivity index (χ3n) is 3.57. The maximum Gasteiger partial charge on any atom is 0.123 e. The highest BCUT2D eigenvalue weighted by atomic mass is 19.1. The first kappa shape index (κ1) is 12.2. The molecule has 1 aliphatic heterocycles. The van der Waals surface area contributed by atoms with E-state index in [0.29, 0.717) is 0 Å². The summed E-state index contributed by atoms with van der Waals surface area (Å²) in [4.78, 5) is 2.37. The van der Waals surface area contributed by atoms with Crippen molar-refractivity contribution in [3.8, 4) is 0 Å². The molecule has 0 radical (unpaired) electrons. The Hall–Kier alpha value is -1.87. The summed E-state index contributed by atoms with van der Waals surface area (Å²) in [7, 11) is 0. The fourth-order valence-electron chi connectivity index (χ4n) is 2.54. The van der Waals surface area contributed by atoms with Crippen molar-refractivity contribution >= 4 is 5.69 Å². The number of benzene rings is 2. The molecule has 2 aromatic rings. The number of nitrogens with zero attached hydrogens (tertiary/aromatic N) is 1. The number of para-hydroxylation sites is 1. The number of hydrogen-bond donors (Lipinski definition) is 1. The topological polar surface area (TPSA) is 15.3 Å². The molecule has 1 fully saturated rings. The van der Waals surface area contributed by atoms with Gasteiger partial charge in [-0.2, -0.15) is 0 Å². The number of hydrogen-bond acceptors (Lipinski definition) is 2. The van der Waals surface area contributed by atoms with Gasteiger partial charge in [-0.3, -0.25) is 0 Å². The summed E-state index contributed by atoms with van der Waals surface area (Å²) in [6.45, 7) is 2.86. The number of rotatable bonds is 2. The molecule has 2 nitrogen and oxygen atoms in total. The van der Waals surface area contributed by atoms with Gasteiger partial charge in [0.25, 0.3) is 0 Å². The molecule has 3 rings (SSSR count). The van der Waals surface area contributed by atoms with Crippen molar-refractivity contribution in [2.45, 2.75) is 6.04 Å². The predicted molar refractivity (Wildman–Crippen MR) is 75.8 cm³/mol. The molecule has 0 aliphatic carbocycles. The molecule has 0 saturated carbocycles. The molecule has 0 aromatic heterocycles. The number of anilines is 1. The van der Waals surface area contributed by atoms with Gasteiger partial charge in [-0.1, -0.05) is 30.3 Å². The van der Waals surface area contributed by atoms with Gasteiger partial charge in [0.05, 0.1) is 0 Å². The van der Waals surface area contributed by atoms with Crippen molar-refractivity contribution in [2.24, 2.45) is 0 Å². The van der Waals surface area contributed by atoms with Crippen LogP contribution in [-0.4, -0.2) is 19.6 Å². The van der Waals surface area contributed by atoms with E-state index in [1.165, 1.54) is 17.8 Å². The van der Waals surface area contributed by atoms with Crippen LogP contribution in [0.3, 0.4) is 0 Å². The van der Waals surface area contributed by atoms with E-state index in [1.807, 2.05) is 18.2 Å². The maximum atomic E-state index is 13.0. The number of piperazine rings is 1. The Bertz CT molecular complexity index is 524. The Morgan fingerprint density at radius 3 is 2.47 bits per heavy atom. The van der Waals surface area contributed by atoms with Crippen molar-refractivity contribution < 1.29 is 4.39 Å². The van der Waals surface area contributed by atoms with Crippen LogP contribution >= 0.6 is 0 Å². The molecule has 1 N–H and O–H groups in total. The average Bonchev–Trinajstić information content (AvgIpc) is 2.49. The minimum absolute atomic E-state index is 0.181. The molecule has 1 saturated heterocycles. The van der Waals surface area contributed by atoms with Crippen LogP contribution in [-0.2, 0) is 0 Å². The molecule has 1 atom stereocenters. The Labute approximate surface area is 112 Å². The lowest BCUT2D eigenvalue weighted by Gasteiger charge is -2.35. The average molecular weight is 256 g/mol. The fraction of sp³-hybridized carbons (Fsp3) is 0.250. The highest BCUT2D eigenvalue weighted by Gasteiger charge is 2.20. The molecule has 0 amide bonds. The largest absolute Gasteiger partial charge is 0.368 e. The Morgan fingerprint density at radius 1 is 1.00 bits per heavy atom. The SMILES string of the molecule is Fc1ccc(C2CN(c3ccccc3)CCN2)cc1. The van der Waals surface area contributed by atoms with Gasteiger partial charge in [0, 0.05) is 31.4 Å². The van der Waals surface area contributed by atoms with Crippen molar-refractivity contribution in [2.75, 3.05) is 24.5 Å². The van der Waals surface area contributed by atoms with Crippen LogP contribution in [0.4, 0.5) is 10.1 Å². The van der Waals surface area contributed by atoms with Crippen molar-refractivity contribution in [1.29, 1.82) is 0 Å². The monoisotopic (exact) mass is 256 g/mol. The van der Waals surface area contributed by atoms with Crippen LogP contribution in [0.25, 0.3) is 0 Å². The lowest BCUT2D eigenvalue weighted by molar-refractivity contribution is 0.471. The molecule has 1 unspecified atom stereocenters. The summed E-state index contributed by atoms with van der Waals surface area (Å²) < 4.78 is 13.0. The molecule has 0 bridgehead atoms. The van der Waals surface area contributed by atoms with E-state index in [1.54, 1.807) is 0 Å². The van der Waals surface area contributed by atoms with Gasteiger partial charge in [0.1, 0.15) is 5.82 Å². The first-order valence-corrected chi connectivity index (χ1v) is 6.62. The van der Waals surface area contributed by atoms with Gasteiger partial charge in [-0.15, -0.1) is 0 Å². The summed E-state index contributed by atoms with van der Waals surface area (Å²) in [5.74, 6) is -0.181. The maximum absolute atomic E-state index is 13.0. The van der Waals surface area contributed by atoms with Crippen LogP contribution in [0.2, 0.25) is 0 Å². The zero-order valence-corrected chi connectivity index (χ0v) is 10.7. The number of halogens is 1. The molecular weight excluding hydrogens is 239 g/mol. The molecule has 2 aromatic carbocycles. The van der Waals surface area contributed by atoms with E-state index in [2.05, 4.69) is 34.5 Å². The molecule has 1 heterocycles. The van der Waals surface area contributed by atoms with E-state index in [9.17, 15) is 4.39 Å². The Morgan fingerprint density at radius 2 is 1.74 bits per heavy atom. The summed E-state index contributed by atoms with van der Waals surface area (Å²) in [6.07, 6.45) is 0. The second kappa shape index (κ2) is 5.41. The summed E-state index contributed by atoms with van der Waals surface area (Å²) in [5, 5.41) is 3.49. The standard InChI is InChI=1S/C16H17FN2/c17-14-8-6-13(7-9-14)16-12-19(11-10-18-16)15-4-2-1-3-5-15/h1-9,16,18H,10-12H2. The quantitative estimate of drug-likeness (QED) is 0.888. The molecule has 19 heavy (non-hydrogen) atoms. The normalized spacial score (nSPS) is 19.4. The van der Waals surface area contributed by atoms with Gasteiger partial charge in [-0.25, -0.2) is 4.39 Å². The lowest BCUT2D eigenvalue weighted by atomic mass is 10.0. The Balaban J connectivity index is 1.76. The minimum Gasteiger partial charge on any atom is -0.368 e.